The van der Waals surface area contributed by atoms with Crippen molar-refractivity contribution in [3.63, 3.8) is 0 Å². The number of nitrogens with one attached hydrogen (secondary N) is 2. The van der Waals surface area contributed by atoms with Gasteiger partial charge < -0.3 is 10.1 Å². The number of H-pyrrole nitrogens is 1. The summed E-state index contributed by atoms with van der Waals surface area (Å²) in [5.41, 5.74) is 3.66. The number of hydrogen-bond donors (Lipinski definition) is 2. The summed E-state index contributed by atoms with van der Waals surface area (Å²) in [6.07, 6.45) is 3.24. The molecule has 0 amide bonds. The minimum absolute atomic E-state index is 0.231. The maximum absolute atomic E-state index is 5.90. The molecule has 0 aliphatic carbocycles. The molecule has 1 fully saturated rings. The Hall–Kier alpha value is -1.65. The smallest absolute Gasteiger partial charge is 0.0866 e. The maximum atomic E-state index is 5.90. The zero-order chi connectivity index (χ0) is 13.8. The van der Waals surface area contributed by atoms with Crippen molar-refractivity contribution in [2.24, 2.45) is 5.92 Å². The van der Waals surface area contributed by atoms with Crippen LogP contribution in [0.25, 0.3) is 0 Å². The average Bonchev–Trinajstić information content (AvgIpc) is 3.10. The Morgan fingerprint density at radius 2 is 2.20 bits per heavy atom. The predicted molar refractivity (Wildman–Crippen MR) is 78.3 cm³/mol. The van der Waals surface area contributed by atoms with Crippen LogP contribution >= 0.6 is 0 Å². The third-order valence-corrected chi connectivity index (χ3v) is 4.00. The highest BCUT2D eigenvalue weighted by molar-refractivity contribution is 5.19. The van der Waals surface area contributed by atoms with Crippen LogP contribution in [0.5, 0.6) is 0 Å². The number of nitrogens with zero attached hydrogens (tertiary/aromatic N) is 1. The molecule has 0 spiro atoms. The van der Waals surface area contributed by atoms with Crippen LogP contribution in [0.15, 0.2) is 36.5 Å². The van der Waals surface area contributed by atoms with Gasteiger partial charge >= 0.3 is 0 Å². The summed E-state index contributed by atoms with van der Waals surface area (Å²) in [5, 5.41) is 10.5. The molecule has 106 valence electrons. The molecule has 3 rings (SSSR count). The highest BCUT2D eigenvalue weighted by Crippen LogP contribution is 2.33. The van der Waals surface area contributed by atoms with Crippen molar-refractivity contribution in [2.75, 3.05) is 13.2 Å². The van der Waals surface area contributed by atoms with Crippen molar-refractivity contribution in [1.29, 1.82) is 0 Å². The second-order valence-electron chi connectivity index (χ2n) is 5.40. The summed E-state index contributed by atoms with van der Waals surface area (Å²) in [6, 6.07) is 10.5. The molecule has 0 unspecified atom stereocenters. The fourth-order valence-electron chi connectivity index (χ4n) is 2.80. The Kier molecular flexibility index (Phi) is 4.14. The number of aryl methyl sites for hydroxylation is 1. The molecule has 1 aliphatic rings. The fraction of sp³-hybridized carbons (Fsp3) is 0.438. The third-order valence-electron chi connectivity index (χ3n) is 4.00. The Balaban J connectivity index is 1.56. The normalized spacial score (nSPS) is 22.2. The Labute approximate surface area is 119 Å². The quantitative estimate of drug-likeness (QED) is 0.879. The van der Waals surface area contributed by atoms with Crippen LogP contribution < -0.4 is 5.32 Å². The third kappa shape index (κ3) is 2.92. The number of rotatable bonds is 5. The van der Waals surface area contributed by atoms with Gasteiger partial charge in [-0.2, -0.15) is 5.10 Å². The lowest BCUT2D eigenvalue weighted by atomic mass is 9.95. The number of ether oxygens (including phenoxy) is 1. The van der Waals surface area contributed by atoms with Crippen molar-refractivity contribution < 1.29 is 4.74 Å². The van der Waals surface area contributed by atoms with E-state index in [2.05, 4.69) is 46.7 Å². The monoisotopic (exact) mass is 271 g/mol. The highest BCUT2D eigenvalue weighted by atomic mass is 16.5. The molecule has 4 nitrogen and oxygen atoms in total. The molecular weight excluding hydrogens is 250 g/mol. The van der Waals surface area contributed by atoms with E-state index in [4.69, 9.17) is 4.74 Å². The van der Waals surface area contributed by atoms with Gasteiger partial charge in [0.25, 0.3) is 0 Å². The number of hydrogen-bond acceptors (Lipinski definition) is 3. The fourth-order valence-corrected chi connectivity index (χ4v) is 2.80. The summed E-state index contributed by atoms with van der Waals surface area (Å²) < 4.78 is 5.90. The molecule has 0 bridgehead atoms. The largest absolute Gasteiger partial charge is 0.373 e. The van der Waals surface area contributed by atoms with Crippen LogP contribution in [-0.2, 0) is 11.3 Å². The van der Waals surface area contributed by atoms with E-state index in [-0.39, 0.29) is 6.10 Å². The Bertz CT molecular complexity index is 538. The van der Waals surface area contributed by atoms with E-state index in [1.165, 1.54) is 11.1 Å². The van der Waals surface area contributed by atoms with Crippen molar-refractivity contribution in [3.8, 4) is 0 Å². The second kappa shape index (κ2) is 6.20. The first-order valence-electron chi connectivity index (χ1n) is 7.20. The lowest BCUT2D eigenvalue weighted by Gasteiger charge is -2.19. The van der Waals surface area contributed by atoms with Gasteiger partial charge in [0.2, 0.25) is 0 Å². The molecule has 2 N–H and O–H groups in total. The summed E-state index contributed by atoms with van der Waals surface area (Å²) in [6.45, 7) is 4.75. The first-order valence-corrected chi connectivity index (χ1v) is 7.20. The van der Waals surface area contributed by atoms with E-state index in [0.29, 0.717) is 5.92 Å². The van der Waals surface area contributed by atoms with Crippen molar-refractivity contribution >= 4 is 0 Å². The van der Waals surface area contributed by atoms with E-state index in [0.717, 1.165) is 31.8 Å². The van der Waals surface area contributed by atoms with Gasteiger partial charge in [0.05, 0.1) is 12.3 Å². The summed E-state index contributed by atoms with van der Waals surface area (Å²) in [7, 11) is 0. The van der Waals surface area contributed by atoms with Crippen molar-refractivity contribution in [3.05, 3.63) is 53.3 Å². The van der Waals surface area contributed by atoms with Crippen LogP contribution in [0, 0.1) is 12.8 Å². The van der Waals surface area contributed by atoms with Gasteiger partial charge in [-0.25, -0.2) is 0 Å². The van der Waals surface area contributed by atoms with Gasteiger partial charge in [0, 0.05) is 36.9 Å². The number of aromatic amines is 1. The standard InChI is InChI=1S/C16H21N3O/c1-12-15(11-18-19-12)10-17-9-14-7-8-20-16(14)13-5-3-2-4-6-13/h2-6,11,14,16-17H,7-10H2,1H3,(H,18,19)/t14-,16-/m1/s1. The van der Waals surface area contributed by atoms with Crippen molar-refractivity contribution in [2.45, 2.75) is 26.0 Å². The van der Waals surface area contributed by atoms with Gasteiger partial charge in [-0.3, -0.25) is 5.10 Å². The predicted octanol–water partition coefficient (Wildman–Crippen LogP) is 2.59. The van der Waals surface area contributed by atoms with Gasteiger partial charge in [-0.05, 0) is 18.9 Å². The van der Waals surface area contributed by atoms with E-state index in [9.17, 15) is 0 Å². The zero-order valence-corrected chi connectivity index (χ0v) is 11.8. The minimum Gasteiger partial charge on any atom is -0.373 e. The van der Waals surface area contributed by atoms with Crippen LogP contribution in [0.2, 0.25) is 0 Å². The first kappa shape index (κ1) is 13.3. The molecule has 2 aromatic rings. The molecule has 0 radical (unpaired) electrons. The molecule has 4 heteroatoms. The molecule has 2 atom stereocenters. The van der Waals surface area contributed by atoms with E-state index < -0.39 is 0 Å². The van der Waals surface area contributed by atoms with E-state index >= 15 is 0 Å². The Morgan fingerprint density at radius 1 is 1.35 bits per heavy atom. The topological polar surface area (TPSA) is 49.9 Å². The first-order chi connectivity index (χ1) is 9.84. The molecule has 20 heavy (non-hydrogen) atoms. The van der Waals surface area contributed by atoms with Gasteiger partial charge in [0.1, 0.15) is 0 Å². The summed E-state index contributed by atoms with van der Waals surface area (Å²) in [5.74, 6) is 0.546. The molecule has 1 saturated heterocycles. The average molecular weight is 271 g/mol. The highest BCUT2D eigenvalue weighted by Gasteiger charge is 2.29. The van der Waals surface area contributed by atoms with Crippen LogP contribution in [-0.4, -0.2) is 23.3 Å². The maximum Gasteiger partial charge on any atom is 0.0866 e. The lowest BCUT2D eigenvalue weighted by Crippen LogP contribution is -2.24. The molecule has 2 heterocycles. The molecule has 1 aromatic carbocycles. The molecule has 1 aliphatic heterocycles. The molecule has 1 aromatic heterocycles. The lowest BCUT2D eigenvalue weighted by molar-refractivity contribution is 0.0904. The summed E-state index contributed by atoms with van der Waals surface area (Å²) in [4.78, 5) is 0. The van der Waals surface area contributed by atoms with Gasteiger partial charge in [-0.1, -0.05) is 30.3 Å². The van der Waals surface area contributed by atoms with E-state index in [1.807, 2.05) is 12.3 Å². The van der Waals surface area contributed by atoms with Crippen LogP contribution in [0.1, 0.15) is 29.3 Å². The van der Waals surface area contributed by atoms with Crippen LogP contribution in [0.3, 0.4) is 0 Å². The van der Waals surface area contributed by atoms with E-state index in [1.54, 1.807) is 0 Å². The summed E-state index contributed by atoms with van der Waals surface area (Å²) >= 11 is 0. The molecule has 0 saturated carbocycles. The number of aromatic nitrogens is 2. The second-order valence-corrected chi connectivity index (χ2v) is 5.40. The zero-order valence-electron chi connectivity index (χ0n) is 11.8. The van der Waals surface area contributed by atoms with Crippen LogP contribution in [0.4, 0.5) is 0 Å². The van der Waals surface area contributed by atoms with Crippen molar-refractivity contribution in [1.82, 2.24) is 15.5 Å². The van der Waals surface area contributed by atoms with Gasteiger partial charge in [0.15, 0.2) is 0 Å². The Morgan fingerprint density at radius 3 is 2.95 bits per heavy atom. The minimum atomic E-state index is 0.231. The SMILES string of the molecule is Cc1[nH]ncc1CNC[C@H]1CCO[C@@H]1c1ccccc1. The van der Waals surface area contributed by atoms with Gasteiger partial charge in [-0.15, -0.1) is 0 Å². The molecular formula is C16H21N3O. The number of benzene rings is 1.